The number of ether oxygens (including phenoxy) is 2. The van der Waals surface area contributed by atoms with Crippen LogP contribution in [0.2, 0.25) is 0 Å². The zero-order valence-electron chi connectivity index (χ0n) is 15.3. The van der Waals surface area contributed by atoms with Crippen LogP contribution >= 0.6 is 0 Å². The van der Waals surface area contributed by atoms with Gasteiger partial charge in [0.05, 0.1) is 30.5 Å². The molecule has 0 saturated carbocycles. The number of fused-ring (bicyclic) bond motifs is 1. The summed E-state index contributed by atoms with van der Waals surface area (Å²) in [6.07, 6.45) is 0. The molecule has 2 aromatic rings. The van der Waals surface area contributed by atoms with E-state index in [9.17, 15) is 14.4 Å². The summed E-state index contributed by atoms with van der Waals surface area (Å²) in [5, 5.41) is 0. The number of esters is 1. The zero-order valence-corrected chi connectivity index (χ0v) is 15.3. The lowest BCUT2D eigenvalue weighted by Gasteiger charge is -2.13. The molecular weight excluding hydrogens is 346 g/mol. The van der Waals surface area contributed by atoms with E-state index >= 15 is 0 Å². The number of anilines is 1. The van der Waals surface area contributed by atoms with Gasteiger partial charge in [0.25, 0.3) is 5.91 Å². The molecule has 0 N–H and O–H groups in total. The fourth-order valence-electron chi connectivity index (χ4n) is 3.08. The van der Waals surface area contributed by atoms with Crippen molar-refractivity contribution in [3.05, 3.63) is 65.2 Å². The van der Waals surface area contributed by atoms with E-state index in [4.69, 9.17) is 9.47 Å². The molecule has 0 unspecified atom stereocenters. The number of methoxy groups -OCH3 is 1. The lowest BCUT2D eigenvalue weighted by molar-refractivity contribution is -0.122. The third-order valence-corrected chi connectivity index (χ3v) is 4.21. The molecule has 0 aliphatic carbocycles. The first-order valence-corrected chi connectivity index (χ1v) is 8.49. The van der Waals surface area contributed by atoms with Crippen LogP contribution in [0.5, 0.6) is 0 Å². The van der Waals surface area contributed by atoms with Gasteiger partial charge in [0.1, 0.15) is 5.76 Å². The van der Waals surface area contributed by atoms with Crippen molar-refractivity contribution < 1.29 is 23.9 Å². The van der Waals surface area contributed by atoms with Gasteiger partial charge in [-0.2, -0.15) is 0 Å². The quantitative estimate of drug-likeness (QED) is 0.472. The van der Waals surface area contributed by atoms with Crippen LogP contribution in [0.4, 0.5) is 5.69 Å². The van der Waals surface area contributed by atoms with Crippen molar-refractivity contribution in [2.24, 2.45) is 0 Å². The first-order chi connectivity index (χ1) is 13.0. The summed E-state index contributed by atoms with van der Waals surface area (Å²) < 4.78 is 10.5. The van der Waals surface area contributed by atoms with Gasteiger partial charge in [0.2, 0.25) is 5.91 Å². The summed E-state index contributed by atoms with van der Waals surface area (Å²) in [4.78, 5) is 38.2. The number of hydrogen-bond donors (Lipinski definition) is 0. The van der Waals surface area contributed by atoms with E-state index in [-0.39, 0.29) is 5.56 Å². The number of nitrogens with zero attached hydrogens (tertiary/aromatic N) is 1. The van der Waals surface area contributed by atoms with Crippen LogP contribution in [0, 0.1) is 0 Å². The number of amides is 2. The van der Waals surface area contributed by atoms with Crippen LogP contribution in [0.25, 0.3) is 11.3 Å². The molecule has 0 saturated heterocycles. The molecule has 1 heterocycles. The van der Waals surface area contributed by atoms with Crippen LogP contribution in [-0.2, 0) is 19.1 Å². The second-order valence-electron chi connectivity index (χ2n) is 5.89. The van der Waals surface area contributed by atoms with Crippen molar-refractivity contribution in [3.8, 4) is 0 Å². The van der Waals surface area contributed by atoms with Crippen molar-refractivity contribution in [3.63, 3.8) is 0 Å². The summed E-state index contributed by atoms with van der Waals surface area (Å²) in [6.45, 7) is 3.49. The van der Waals surface area contributed by atoms with Gasteiger partial charge in [-0.05, 0) is 19.1 Å². The zero-order chi connectivity index (χ0) is 19.6. The average molecular weight is 365 g/mol. The van der Waals surface area contributed by atoms with Gasteiger partial charge in [0.15, 0.2) is 0 Å². The molecule has 2 aromatic carbocycles. The van der Waals surface area contributed by atoms with Crippen LogP contribution < -0.4 is 4.90 Å². The molecule has 0 bridgehead atoms. The summed E-state index contributed by atoms with van der Waals surface area (Å²) in [5.41, 5.74) is 2.17. The minimum atomic E-state index is -0.542. The van der Waals surface area contributed by atoms with Gasteiger partial charge in [-0.3, -0.25) is 9.59 Å². The molecule has 6 nitrogen and oxygen atoms in total. The van der Waals surface area contributed by atoms with E-state index in [0.29, 0.717) is 29.2 Å². The van der Waals surface area contributed by atoms with Gasteiger partial charge >= 0.3 is 5.97 Å². The molecule has 0 aromatic heterocycles. The maximum atomic E-state index is 13.1. The third-order valence-electron chi connectivity index (χ3n) is 4.21. The summed E-state index contributed by atoms with van der Waals surface area (Å²) >= 11 is 0. The molecule has 27 heavy (non-hydrogen) atoms. The van der Waals surface area contributed by atoms with Gasteiger partial charge in [-0.25, -0.2) is 9.69 Å². The third kappa shape index (κ3) is 3.21. The fourth-order valence-corrected chi connectivity index (χ4v) is 3.08. The Balaban J connectivity index is 2.28. The number of rotatable bonds is 4. The van der Waals surface area contributed by atoms with E-state index in [1.54, 1.807) is 12.1 Å². The number of carbonyl (C=O) groups is 3. The lowest BCUT2D eigenvalue weighted by Crippen LogP contribution is -2.31. The molecule has 3 rings (SSSR count). The van der Waals surface area contributed by atoms with Gasteiger partial charge in [-0.1, -0.05) is 36.4 Å². The Hall–Kier alpha value is -3.41. The van der Waals surface area contributed by atoms with Crippen LogP contribution in [0.1, 0.15) is 35.3 Å². The molecule has 6 heteroatoms. The Labute approximate surface area is 157 Å². The van der Waals surface area contributed by atoms with Gasteiger partial charge < -0.3 is 9.47 Å². The van der Waals surface area contributed by atoms with Crippen LogP contribution in [0.3, 0.4) is 0 Å². The van der Waals surface area contributed by atoms with E-state index in [2.05, 4.69) is 0 Å². The van der Waals surface area contributed by atoms with Gasteiger partial charge in [0, 0.05) is 18.1 Å². The lowest BCUT2D eigenvalue weighted by atomic mass is 10.0. The summed E-state index contributed by atoms with van der Waals surface area (Å²) in [7, 11) is 1.28. The highest BCUT2D eigenvalue weighted by molar-refractivity contribution is 6.43. The Kier molecular flexibility index (Phi) is 5.07. The van der Waals surface area contributed by atoms with Crippen molar-refractivity contribution in [1.82, 2.24) is 0 Å². The van der Waals surface area contributed by atoms with Crippen molar-refractivity contribution in [2.75, 3.05) is 18.6 Å². The fraction of sp³-hybridized carbons (Fsp3) is 0.190. The van der Waals surface area contributed by atoms with Crippen molar-refractivity contribution in [2.45, 2.75) is 13.8 Å². The highest BCUT2D eigenvalue weighted by Gasteiger charge is 2.38. The first-order valence-electron chi connectivity index (χ1n) is 8.49. The average Bonchev–Trinajstić information content (AvgIpc) is 2.97. The van der Waals surface area contributed by atoms with Crippen LogP contribution in [-0.4, -0.2) is 31.5 Å². The number of carbonyl (C=O) groups excluding carboxylic acids is 3. The van der Waals surface area contributed by atoms with Crippen molar-refractivity contribution in [1.29, 1.82) is 0 Å². The molecule has 0 fully saturated rings. The topological polar surface area (TPSA) is 72.9 Å². The van der Waals surface area contributed by atoms with E-state index < -0.39 is 17.8 Å². The maximum absolute atomic E-state index is 13.1. The van der Waals surface area contributed by atoms with E-state index in [1.807, 2.05) is 37.3 Å². The summed E-state index contributed by atoms with van der Waals surface area (Å²) in [5.74, 6) is -1.06. The maximum Gasteiger partial charge on any atom is 0.337 e. The largest absolute Gasteiger partial charge is 0.492 e. The van der Waals surface area contributed by atoms with E-state index in [0.717, 1.165) is 10.5 Å². The predicted octanol–water partition coefficient (Wildman–Crippen LogP) is 3.27. The highest BCUT2D eigenvalue weighted by atomic mass is 16.5. The summed E-state index contributed by atoms with van der Waals surface area (Å²) in [6, 6.07) is 13.9. The predicted molar refractivity (Wildman–Crippen MR) is 101 cm³/mol. The molecule has 0 spiro atoms. The number of benzene rings is 2. The minimum absolute atomic E-state index is 0.259. The van der Waals surface area contributed by atoms with Crippen LogP contribution in [0.15, 0.2) is 48.5 Å². The molecule has 2 amide bonds. The SMILES string of the molecule is CCO/C(=C1\C(=O)N(C(C)=O)c2cc(C(=O)OC)ccc21)c1ccccc1. The molecule has 1 aliphatic heterocycles. The number of imide groups is 1. The molecule has 138 valence electrons. The Morgan fingerprint density at radius 2 is 1.74 bits per heavy atom. The molecule has 1 aliphatic rings. The minimum Gasteiger partial charge on any atom is -0.492 e. The van der Waals surface area contributed by atoms with Crippen molar-refractivity contribution >= 4 is 34.8 Å². The standard InChI is InChI=1S/C21H19NO5/c1-4-27-19(14-8-6-5-7-9-14)18-16-11-10-15(21(25)26-3)12-17(16)22(13(2)23)20(18)24/h5-12H,4H2,1-3H3/b19-18-. The molecular formula is C21H19NO5. The Morgan fingerprint density at radius 1 is 1.04 bits per heavy atom. The second kappa shape index (κ2) is 7.45. The molecule has 0 atom stereocenters. The normalized spacial score (nSPS) is 14.6. The molecule has 0 radical (unpaired) electrons. The second-order valence-corrected chi connectivity index (χ2v) is 5.89. The van der Waals surface area contributed by atoms with E-state index in [1.165, 1.54) is 20.1 Å². The monoisotopic (exact) mass is 365 g/mol. The Morgan fingerprint density at radius 3 is 2.33 bits per heavy atom. The van der Waals surface area contributed by atoms with Gasteiger partial charge in [-0.15, -0.1) is 0 Å². The smallest absolute Gasteiger partial charge is 0.337 e. The number of hydrogen-bond acceptors (Lipinski definition) is 5. The highest BCUT2D eigenvalue weighted by Crippen LogP contribution is 2.41. The Bertz CT molecular complexity index is 946. The first kappa shape index (κ1) is 18.4.